The fraction of sp³-hybridized carbons (Fsp3) is 0. The Bertz CT molecular complexity index is 726. The Kier molecular flexibility index (Phi) is 3.58. The molecule has 0 bridgehead atoms. The minimum absolute atomic E-state index is 0.299. The van der Waals surface area contributed by atoms with Crippen LogP contribution >= 0.6 is 15.9 Å². The predicted molar refractivity (Wildman–Crippen MR) is 70.5 cm³/mol. The highest BCUT2D eigenvalue weighted by molar-refractivity contribution is 9.10. The van der Waals surface area contributed by atoms with E-state index in [0.717, 1.165) is 6.20 Å². The third-order valence-corrected chi connectivity index (χ3v) is 4.25. The van der Waals surface area contributed by atoms with Crippen molar-refractivity contribution in [1.82, 2.24) is 10.2 Å². The Labute approximate surface area is 116 Å². The molecule has 100 valence electrons. The van der Waals surface area contributed by atoms with Gasteiger partial charge in [-0.1, -0.05) is 12.1 Å². The maximum absolute atomic E-state index is 12.1. The van der Waals surface area contributed by atoms with Crippen LogP contribution in [-0.4, -0.2) is 29.7 Å². The topological polar surface area (TPSA) is 112 Å². The van der Waals surface area contributed by atoms with Crippen molar-refractivity contribution in [3.05, 3.63) is 40.5 Å². The van der Waals surface area contributed by atoms with Crippen molar-refractivity contribution in [2.24, 2.45) is 0 Å². The number of nitrogens with one attached hydrogen (secondary N) is 2. The van der Waals surface area contributed by atoms with E-state index in [1.165, 1.54) is 0 Å². The van der Waals surface area contributed by atoms with Gasteiger partial charge in [0.25, 0.3) is 10.0 Å². The first-order valence-corrected chi connectivity index (χ1v) is 7.23. The van der Waals surface area contributed by atoms with Gasteiger partial charge in [-0.15, -0.1) is 0 Å². The standard InChI is InChI=1S/C10H8BrN3O4S/c11-7-3-1-2-4-8(7)14-19(17,18)9-6(10(15)16)5-12-13-9/h1-5,14H,(H,12,13)(H,15,16). The molecule has 0 fully saturated rings. The minimum atomic E-state index is -4.05. The lowest BCUT2D eigenvalue weighted by molar-refractivity contribution is 0.0692. The molecule has 19 heavy (non-hydrogen) atoms. The number of nitrogens with zero attached hydrogens (tertiary/aromatic N) is 1. The lowest BCUT2D eigenvalue weighted by Gasteiger charge is -2.08. The fourth-order valence-electron chi connectivity index (χ4n) is 1.37. The molecule has 3 N–H and O–H groups in total. The van der Waals surface area contributed by atoms with Gasteiger partial charge in [0.2, 0.25) is 0 Å². The van der Waals surface area contributed by atoms with Crippen molar-refractivity contribution in [2.45, 2.75) is 5.03 Å². The van der Waals surface area contributed by atoms with Crippen LogP contribution in [0.25, 0.3) is 0 Å². The molecule has 0 spiro atoms. The molecule has 1 heterocycles. The molecule has 0 aliphatic rings. The molecule has 0 unspecified atom stereocenters. The number of para-hydroxylation sites is 1. The molecule has 0 amide bonds. The van der Waals surface area contributed by atoms with E-state index >= 15 is 0 Å². The van der Waals surface area contributed by atoms with Crippen LogP contribution in [0.1, 0.15) is 10.4 Å². The van der Waals surface area contributed by atoms with Crippen molar-refractivity contribution in [2.75, 3.05) is 4.72 Å². The second-order valence-corrected chi connectivity index (χ2v) is 5.98. The van der Waals surface area contributed by atoms with Crippen LogP contribution in [0.4, 0.5) is 5.69 Å². The van der Waals surface area contributed by atoms with Crippen molar-refractivity contribution in [1.29, 1.82) is 0 Å². The summed E-state index contributed by atoms with van der Waals surface area (Å²) in [5, 5.41) is 14.0. The first-order chi connectivity index (χ1) is 8.92. The van der Waals surface area contributed by atoms with Crippen LogP contribution in [0.3, 0.4) is 0 Å². The van der Waals surface area contributed by atoms with E-state index in [1.54, 1.807) is 24.3 Å². The highest BCUT2D eigenvalue weighted by Crippen LogP contribution is 2.24. The van der Waals surface area contributed by atoms with E-state index in [0.29, 0.717) is 10.2 Å². The third kappa shape index (κ3) is 2.76. The maximum atomic E-state index is 12.1. The van der Waals surface area contributed by atoms with Crippen LogP contribution in [0, 0.1) is 0 Å². The van der Waals surface area contributed by atoms with Gasteiger partial charge in [0, 0.05) is 4.47 Å². The number of halogens is 1. The number of carbonyl (C=O) groups is 1. The number of anilines is 1. The van der Waals surface area contributed by atoms with Gasteiger partial charge in [-0.2, -0.15) is 13.5 Å². The largest absolute Gasteiger partial charge is 0.478 e. The van der Waals surface area contributed by atoms with Gasteiger partial charge < -0.3 is 5.11 Å². The summed E-state index contributed by atoms with van der Waals surface area (Å²) in [6.45, 7) is 0. The predicted octanol–water partition coefficient (Wildman–Crippen LogP) is 1.67. The van der Waals surface area contributed by atoms with Crippen LogP contribution < -0.4 is 4.72 Å². The highest BCUT2D eigenvalue weighted by atomic mass is 79.9. The quantitative estimate of drug-likeness (QED) is 0.780. The summed E-state index contributed by atoms with van der Waals surface area (Å²) in [6, 6.07) is 6.57. The van der Waals surface area contributed by atoms with Gasteiger partial charge in [0.05, 0.1) is 11.9 Å². The number of rotatable bonds is 4. The van der Waals surface area contributed by atoms with Gasteiger partial charge in [-0.3, -0.25) is 9.82 Å². The summed E-state index contributed by atoms with van der Waals surface area (Å²) in [5.41, 5.74) is -0.118. The second kappa shape index (κ2) is 5.02. The Morgan fingerprint density at radius 2 is 2.05 bits per heavy atom. The summed E-state index contributed by atoms with van der Waals surface area (Å²) >= 11 is 3.19. The summed E-state index contributed by atoms with van der Waals surface area (Å²) in [4.78, 5) is 10.9. The van der Waals surface area contributed by atoms with E-state index < -0.39 is 26.6 Å². The van der Waals surface area contributed by atoms with Crippen molar-refractivity contribution < 1.29 is 18.3 Å². The molecule has 0 saturated heterocycles. The number of benzene rings is 1. The van der Waals surface area contributed by atoms with Crippen molar-refractivity contribution in [3.63, 3.8) is 0 Å². The van der Waals surface area contributed by atoms with E-state index in [2.05, 4.69) is 30.8 Å². The summed E-state index contributed by atoms with van der Waals surface area (Å²) in [6.07, 6.45) is 0.941. The Morgan fingerprint density at radius 1 is 1.37 bits per heavy atom. The smallest absolute Gasteiger partial charge is 0.340 e. The van der Waals surface area contributed by atoms with E-state index in [-0.39, 0.29) is 0 Å². The zero-order valence-corrected chi connectivity index (χ0v) is 11.7. The molecular formula is C10H8BrN3O4S. The zero-order valence-electron chi connectivity index (χ0n) is 9.29. The normalized spacial score (nSPS) is 11.2. The summed E-state index contributed by atoms with van der Waals surface area (Å²) < 4.78 is 27.0. The second-order valence-electron chi connectivity index (χ2n) is 3.50. The Balaban J connectivity index is 2.41. The molecule has 7 nitrogen and oxygen atoms in total. The molecule has 9 heteroatoms. The lowest BCUT2D eigenvalue weighted by Crippen LogP contribution is -2.16. The number of aromatic nitrogens is 2. The highest BCUT2D eigenvalue weighted by Gasteiger charge is 2.25. The number of hydrogen-bond donors (Lipinski definition) is 3. The fourth-order valence-corrected chi connectivity index (χ4v) is 3.06. The number of sulfonamides is 1. The molecule has 0 atom stereocenters. The Morgan fingerprint density at radius 3 is 2.68 bits per heavy atom. The molecule has 2 rings (SSSR count). The molecule has 2 aromatic rings. The monoisotopic (exact) mass is 345 g/mol. The zero-order chi connectivity index (χ0) is 14.0. The Hall–Kier alpha value is -1.87. The van der Waals surface area contributed by atoms with Crippen molar-refractivity contribution >= 4 is 37.6 Å². The summed E-state index contributed by atoms with van der Waals surface area (Å²) in [5.74, 6) is -1.37. The van der Waals surface area contributed by atoms with E-state index in [1.807, 2.05) is 0 Å². The number of aromatic amines is 1. The average molecular weight is 346 g/mol. The van der Waals surface area contributed by atoms with Crippen LogP contribution in [0.15, 0.2) is 40.0 Å². The number of carboxylic acids is 1. The average Bonchev–Trinajstić information content (AvgIpc) is 2.82. The van der Waals surface area contributed by atoms with Crippen LogP contribution in [-0.2, 0) is 10.0 Å². The lowest BCUT2D eigenvalue weighted by atomic mass is 10.3. The molecule has 0 saturated carbocycles. The van der Waals surface area contributed by atoms with Gasteiger partial charge in [0.1, 0.15) is 5.56 Å². The molecule has 1 aromatic heterocycles. The number of aromatic carboxylic acids is 1. The van der Waals surface area contributed by atoms with Crippen molar-refractivity contribution in [3.8, 4) is 0 Å². The maximum Gasteiger partial charge on any atom is 0.340 e. The van der Waals surface area contributed by atoms with E-state index in [4.69, 9.17) is 5.11 Å². The molecule has 0 aliphatic carbocycles. The van der Waals surface area contributed by atoms with Gasteiger partial charge in [-0.05, 0) is 28.1 Å². The third-order valence-electron chi connectivity index (χ3n) is 2.22. The minimum Gasteiger partial charge on any atom is -0.478 e. The number of H-pyrrole nitrogens is 1. The van der Waals surface area contributed by atoms with Crippen LogP contribution in [0.5, 0.6) is 0 Å². The van der Waals surface area contributed by atoms with Gasteiger partial charge in [-0.25, -0.2) is 4.79 Å². The SMILES string of the molecule is O=C(O)c1cn[nH]c1S(=O)(=O)Nc1ccccc1Br. The van der Waals surface area contributed by atoms with Crippen LogP contribution in [0.2, 0.25) is 0 Å². The van der Waals surface area contributed by atoms with Gasteiger partial charge in [0.15, 0.2) is 5.03 Å². The summed E-state index contributed by atoms with van der Waals surface area (Å²) in [7, 11) is -4.05. The number of carboxylic acid groups (broad SMARTS) is 1. The molecular weight excluding hydrogens is 338 g/mol. The molecule has 0 aliphatic heterocycles. The van der Waals surface area contributed by atoms with E-state index in [9.17, 15) is 13.2 Å². The first kappa shape index (κ1) is 13.6. The number of hydrogen-bond acceptors (Lipinski definition) is 4. The molecule has 0 radical (unpaired) electrons. The van der Waals surface area contributed by atoms with Gasteiger partial charge >= 0.3 is 5.97 Å². The first-order valence-electron chi connectivity index (χ1n) is 4.96. The molecule has 1 aromatic carbocycles.